The average molecular weight is 274 g/mol. The summed E-state index contributed by atoms with van der Waals surface area (Å²) in [5, 5.41) is 6.45. The van der Waals surface area contributed by atoms with Crippen LogP contribution in [0.3, 0.4) is 0 Å². The van der Waals surface area contributed by atoms with Crippen molar-refractivity contribution in [2.75, 3.05) is 24.5 Å². The van der Waals surface area contributed by atoms with Gasteiger partial charge in [-0.3, -0.25) is 4.79 Å². The number of amides is 1. The van der Waals surface area contributed by atoms with Crippen LogP contribution in [0.1, 0.15) is 25.7 Å². The van der Waals surface area contributed by atoms with Gasteiger partial charge in [0.1, 0.15) is 5.82 Å². The summed E-state index contributed by atoms with van der Waals surface area (Å²) >= 11 is 0. The summed E-state index contributed by atoms with van der Waals surface area (Å²) < 4.78 is 0. The topological polar surface area (TPSA) is 57.3 Å². The van der Waals surface area contributed by atoms with Gasteiger partial charge in [0.2, 0.25) is 5.91 Å². The summed E-state index contributed by atoms with van der Waals surface area (Å²) in [5.74, 6) is 1.23. The number of pyridine rings is 1. The van der Waals surface area contributed by atoms with Crippen LogP contribution < -0.4 is 15.5 Å². The zero-order valence-corrected chi connectivity index (χ0v) is 11.7. The van der Waals surface area contributed by atoms with E-state index in [0.717, 1.165) is 51.1 Å². The first-order valence-electron chi connectivity index (χ1n) is 7.52. The monoisotopic (exact) mass is 274 g/mol. The summed E-state index contributed by atoms with van der Waals surface area (Å²) in [6.07, 6.45) is 6.02. The highest BCUT2D eigenvalue weighted by atomic mass is 16.2. The van der Waals surface area contributed by atoms with Crippen molar-refractivity contribution < 1.29 is 4.79 Å². The highest BCUT2D eigenvalue weighted by Gasteiger charge is 2.27. The molecule has 108 valence electrons. The minimum atomic E-state index is 0.00940. The second-order valence-corrected chi connectivity index (χ2v) is 5.60. The fraction of sp³-hybridized carbons (Fsp3) is 0.600. The van der Waals surface area contributed by atoms with Gasteiger partial charge in [-0.1, -0.05) is 6.07 Å². The Morgan fingerprint density at radius 2 is 2.10 bits per heavy atom. The van der Waals surface area contributed by atoms with Crippen LogP contribution in [0.4, 0.5) is 5.82 Å². The van der Waals surface area contributed by atoms with Gasteiger partial charge in [-0.25, -0.2) is 4.98 Å². The number of nitrogens with one attached hydrogen (secondary N) is 2. The molecule has 0 spiro atoms. The van der Waals surface area contributed by atoms with E-state index in [2.05, 4.69) is 26.6 Å². The molecule has 1 unspecified atom stereocenters. The molecular formula is C15H22N4O. The Morgan fingerprint density at radius 3 is 2.80 bits per heavy atom. The first-order valence-corrected chi connectivity index (χ1v) is 7.52. The van der Waals surface area contributed by atoms with Gasteiger partial charge in [-0.05, 0) is 37.8 Å². The second kappa shape index (κ2) is 6.22. The van der Waals surface area contributed by atoms with E-state index in [0.29, 0.717) is 6.04 Å². The predicted molar refractivity (Wildman–Crippen MR) is 78.6 cm³/mol. The largest absolute Gasteiger partial charge is 0.357 e. The molecule has 1 aromatic rings. The summed E-state index contributed by atoms with van der Waals surface area (Å²) in [7, 11) is 0. The van der Waals surface area contributed by atoms with Crippen molar-refractivity contribution in [2.45, 2.75) is 37.8 Å². The third-order valence-electron chi connectivity index (χ3n) is 4.19. The molecule has 5 nitrogen and oxygen atoms in total. The van der Waals surface area contributed by atoms with Gasteiger partial charge in [0.05, 0.1) is 6.04 Å². The average Bonchev–Trinajstić information content (AvgIpc) is 2.51. The summed E-state index contributed by atoms with van der Waals surface area (Å²) in [5.41, 5.74) is 0. The van der Waals surface area contributed by atoms with Gasteiger partial charge >= 0.3 is 0 Å². The van der Waals surface area contributed by atoms with Gasteiger partial charge in [-0.15, -0.1) is 0 Å². The maximum absolute atomic E-state index is 11.8. The second-order valence-electron chi connectivity index (χ2n) is 5.60. The first kappa shape index (κ1) is 13.4. The highest BCUT2D eigenvalue weighted by Crippen LogP contribution is 2.18. The van der Waals surface area contributed by atoms with Crippen molar-refractivity contribution >= 4 is 11.7 Å². The number of piperidine rings is 2. The molecule has 2 N–H and O–H groups in total. The lowest BCUT2D eigenvalue weighted by Gasteiger charge is -2.35. The molecule has 0 aliphatic carbocycles. The number of hydrogen-bond acceptors (Lipinski definition) is 4. The molecule has 0 bridgehead atoms. The van der Waals surface area contributed by atoms with E-state index in [1.54, 1.807) is 0 Å². The van der Waals surface area contributed by atoms with E-state index >= 15 is 0 Å². The summed E-state index contributed by atoms with van der Waals surface area (Å²) in [6.45, 7) is 2.83. The number of nitrogens with zero attached hydrogens (tertiary/aromatic N) is 2. The molecule has 0 saturated carbocycles. The lowest BCUT2D eigenvalue weighted by atomic mass is 10.0. The number of anilines is 1. The summed E-state index contributed by atoms with van der Waals surface area (Å²) in [4.78, 5) is 18.5. The molecule has 2 aliphatic heterocycles. The third kappa shape index (κ3) is 3.10. The van der Waals surface area contributed by atoms with Gasteiger partial charge in [0.25, 0.3) is 0 Å². The lowest BCUT2D eigenvalue weighted by molar-refractivity contribution is -0.124. The lowest BCUT2D eigenvalue weighted by Crippen LogP contribution is -2.54. The Morgan fingerprint density at radius 1 is 1.25 bits per heavy atom. The SMILES string of the molecule is O=C1NCCCC1NC1CCN(c2ccccn2)CC1. The molecule has 1 amide bonds. The van der Waals surface area contributed by atoms with Crippen LogP contribution >= 0.6 is 0 Å². The van der Waals surface area contributed by atoms with E-state index in [1.165, 1.54) is 0 Å². The molecule has 5 heteroatoms. The van der Waals surface area contributed by atoms with Crippen LogP contribution in [0.25, 0.3) is 0 Å². The van der Waals surface area contributed by atoms with Crippen LogP contribution in [-0.4, -0.2) is 42.6 Å². The molecule has 2 aliphatic rings. The zero-order chi connectivity index (χ0) is 13.8. The Kier molecular flexibility index (Phi) is 4.16. The van der Waals surface area contributed by atoms with E-state index in [4.69, 9.17) is 0 Å². The fourth-order valence-electron chi connectivity index (χ4n) is 3.03. The van der Waals surface area contributed by atoms with Crippen LogP contribution in [0.15, 0.2) is 24.4 Å². The Balaban J connectivity index is 1.50. The maximum Gasteiger partial charge on any atom is 0.237 e. The van der Waals surface area contributed by atoms with Gasteiger partial charge < -0.3 is 15.5 Å². The van der Waals surface area contributed by atoms with Crippen molar-refractivity contribution in [3.63, 3.8) is 0 Å². The van der Waals surface area contributed by atoms with E-state index in [-0.39, 0.29) is 11.9 Å². The number of hydrogen-bond donors (Lipinski definition) is 2. The Labute approximate surface area is 119 Å². The third-order valence-corrected chi connectivity index (χ3v) is 4.19. The number of rotatable bonds is 3. The molecule has 2 fully saturated rings. The molecular weight excluding hydrogens is 252 g/mol. The smallest absolute Gasteiger partial charge is 0.237 e. The Bertz CT molecular complexity index is 442. The van der Waals surface area contributed by atoms with Gasteiger partial charge in [0.15, 0.2) is 0 Å². The van der Waals surface area contributed by atoms with E-state index < -0.39 is 0 Å². The molecule has 3 heterocycles. The molecule has 20 heavy (non-hydrogen) atoms. The standard InChI is InChI=1S/C15H22N4O/c20-15-13(4-3-9-17-15)18-12-6-10-19(11-7-12)14-5-1-2-8-16-14/h1-2,5,8,12-13,18H,3-4,6-7,9-11H2,(H,17,20). The minimum Gasteiger partial charge on any atom is -0.357 e. The number of carbonyl (C=O) groups excluding carboxylic acids is 1. The van der Waals surface area contributed by atoms with Crippen molar-refractivity contribution in [1.29, 1.82) is 0 Å². The predicted octanol–water partition coefficient (Wildman–Crippen LogP) is 0.919. The molecule has 2 saturated heterocycles. The molecule has 0 radical (unpaired) electrons. The van der Waals surface area contributed by atoms with E-state index in [1.807, 2.05) is 18.3 Å². The van der Waals surface area contributed by atoms with Crippen molar-refractivity contribution in [3.05, 3.63) is 24.4 Å². The quantitative estimate of drug-likeness (QED) is 0.860. The maximum atomic E-state index is 11.8. The molecule has 3 rings (SSSR count). The van der Waals surface area contributed by atoms with Crippen molar-refractivity contribution in [3.8, 4) is 0 Å². The molecule has 0 aromatic carbocycles. The number of carbonyl (C=O) groups is 1. The van der Waals surface area contributed by atoms with Crippen LogP contribution in [0.5, 0.6) is 0 Å². The normalized spacial score (nSPS) is 24.5. The minimum absolute atomic E-state index is 0.00940. The highest BCUT2D eigenvalue weighted by molar-refractivity contribution is 5.82. The summed E-state index contributed by atoms with van der Waals surface area (Å²) in [6, 6.07) is 6.49. The first-order chi connectivity index (χ1) is 9.83. The molecule has 1 atom stereocenters. The van der Waals surface area contributed by atoms with Crippen molar-refractivity contribution in [2.24, 2.45) is 0 Å². The molecule has 1 aromatic heterocycles. The van der Waals surface area contributed by atoms with Crippen LogP contribution in [0.2, 0.25) is 0 Å². The number of aromatic nitrogens is 1. The van der Waals surface area contributed by atoms with Crippen molar-refractivity contribution in [1.82, 2.24) is 15.6 Å². The zero-order valence-electron chi connectivity index (χ0n) is 11.7. The fourth-order valence-corrected chi connectivity index (χ4v) is 3.03. The van der Waals surface area contributed by atoms with Gasteiger partial charge in [0, 0.05) is 31.9 Å². The van der Waals surface area contributed by atoms with Gasteiger partial charge in [-0.2, -0.15) is 0 Å². The van der Waals surface area contributed by atoms with E-state index in [9.17, 15) is 4.79 Å². The van der Waals surface area contributed by atoms with Crippen LogP contribution in [0, 0.1) is 0 Å². The Hall–Kier alpha value is -1.62. The van der Waals surface area contributed by atoms with Crippen LogP contribution in [-0.2, 0) is 4.79 Å².